The molecule has 3 aromatic carbocycles. The third-order valence-corrected chi connectivity index (χ3v) is 6.08. The summed E-state index contributed by atoms with van der Waals surface area (Å²) in [5.74, 6) is 0.0470. The van der Waals surface area contributed by atoms with Gasteiger partial charge in [-0.3, -0.25) is 14.6 Å². The number of rotatable bonds is 7. The van der Waals surface area contributed by atoms with E-state index in [0.29, 0.717) is 0 Å². The van der Waals surface area contributed by atoms with Crippen LogP contribution in [0.3, 0.4) is 0 Å². The number of carbonyl (C=O) groups excluding carboxylic acids is 1. The lowest BCUT2D eigenvalue weighted by atomic mass is 10.0. The molecule has 1 amide bonds. The number of nitrogens with one attached hydrogen (secondary N) is 1. The van der Waals surface area contributed by atoms with Gasteiger partial charge in [0.1, 0.15) is 0 Å². The summed E-state index contributed by atoms with van der Waals surface area (Å²) in [5.41, 5.74) is 4.24. The number of carbonyl (C=O) groups is 1. The van der Waals surface area contributed by atoms with E-state index in [-0.39, 0.29) is 11.9 Å². The van der Waals surface area contributed by atoms with Gasteiger partial charge in [-0.05, 0) is 24.1 Å². The quantitative estimate of drug-likeness (QED) is 0.578. The third-order valence-electron chi connectivity index (χ3n) is 6.08. The summed E-state index contributed by atoms with van der Waals surface area (Å²) in [6.07, 6.45) is 4.40. The molecule has 0 unspecified atom stereocenters. The van der Waals surface area contributed by atoms with Crippen molar-refractivity contribution >= 4 is 17.7 Å². The molecule has 1 aliphatic rings. The molecule has 4 nitrogen and oxygen atoms in total. The van der Waals surface area contributed by atoms with Gasteiger partial charge in [0.2, 0.25) is 5.91 Å². The second-order valence-corrected chi connectivity index (χ2v) is 8.23. The predicted octanol–water partition coefficient (Wildman–Crippen LogP) is 5.01. The van der Waals surface area contributed by atoms with E-state index in [0.717, 1.165) is 49.5 Å². The number of anilines is 1. The normalized spacial score (nSPS) is 16.2. The minimum Gasteiger partial charge on any atom is -0.324 e. The molecule has 0 radical (unpaired) electrons. The number of benzene rings is 3. The highest BCUT2D eigenvalue weighted by Gasteiger charge is 2.25. The zero-order valence-corrected chi connectivity index (χ0v) is 18.7. The zero-order valence-electron chi connectivity index (χ0n) is 18.7. The molecule has 1 aliphatic heterocycles. The average Bonchev–Trinajstić information content (AvgIpc) is 2.85. The van der Waals surface area contributed by atoms with Crippen LogP contribution in [0.2, 0.25) is 0 Å². The van der Waals surface area contributed by atoms with Gasteiger partial charge in [-0.1, -0.05) is 91.0 Å². The molecule has 1 N–H and O–H groups in total. The number of hydrogen-bond acceptors (Lipinski definition) is 3. The van der Waals surface area contributed by atoms with Crippen LogP contribution in [0.4, 0.5) is 5.69 Å². The Balaban J connectivity index is 1.30. The Kier molecular flexibility index (Phi) is 7.49. The van der Waals surface area contributed by atoms with E-state index < -0.39 is 0 Å². The Labute approximate surface area is 191 Å². The molecule has 1 fully saturated rings. The average molecular weight is 426 g/mol. The van der Waals surface area contributed by atoms with Crippen LogP contribution in [0.15, 0.2) is 91.0 Å². The van der Waals surface area contributed by atoms with Gasteiger partial charge >= 0.3 is 0 Å². The van der Waals surface area contributed by atoms with E-state index in [1.807, 2.05) is 49.4 Å². The van der Waals surface area contributed by atoms with Crippen molar-refractivity contribution < 1.29 is 4.79 Å². The molecule has 32 heavy (non-hydrogen) atoms. The summed E-state index contributed by atoms with van der Waals surface area (Å²) >= 11 is 0. The number of amides is 1. The minimum atomic E-state index is -0.166. The van der Waals surface area contributed by atoms with Gasteiger partial charge < -0.3 is 5.32 Å². The van der Waals surface area contributed by atoms with Crippen molar-refractivity contribution in [3.8, 4) is 11.1 Å². The van der Waals surface area contributed by atoms with Gasteiger partial charge in [-0.2, -0.15) is 0 Å². The van der Waals surface area contributed by atoms with E-state index in [9.17, 15) is 4.79 Å². The second kappa shape index (κ2) is 10.9. The van der Waals surface area contributed by atoms with E-state index in [1.165, 1.54) is 5.56 Å². The third kappa shape index (κ3) is 5.72. The fraction of sp³-hybridized carbons (Fsp3) is 0.250. The molecule has 1 atom stereocenters. The number of para-hydroxylation sites is 1. The van der Waals surface area contributed by atoms with Crippen molar-refractivity contribution in [2.75, 3.05) is 38.0 Å². The molecular formula is C28H31N3O. The van der Waals surface area contributed by atoms with Gasteiger partial charge in [-0.25, -0.2) is 0 Å². The zero-order chi connectivity index (χ0) is 22.2. The molecule has 1 saturated heterocycles. The lowest BCUT2D eigenvalue weighted by Crippen LogP contribution is -2.52. The first-order valence-electron chi connectivity index (χ1n) is 11.3. The smallest absolute Gasteiger partial charge is 0.241 e. The molecule has 1 heterocycles. The van der Waals surface area contributed by atoms with Crippen LogP contribution in [0, 0.1) is 0 Å². The fourth-order valence-corrected chi connectivity index (χ4v) is 4.10. The molecule has 0 aliphatic carbocycles. The van der Waals surface area contributed by atoms with Crippen LogP contribution < -0.4 is 5.32 Å². The highest BCUT2D eigenvalue weighted by atomic mass is 16.2. The summed E-state index contributed by atoms with van der Waals surface area (Å²) in [5, 5.41) is 3.16. The molecule has 0 bridgehead atoms. The standard InChI is InChI=1S/C28H31N3O/c1-23(28(32)29-27-17-9-8-16-26(27)25-14-6-3-7-15-25)31-21-19-30(20-22-31)18-10-13-24-11-4-2-5-12-24/h2-17,23H,18-22H2,1H3,(H,29,32)/b13-10+/t23-/m1/s1. The molecule has 4 heteroatoms. The first kappa shape index (κ1) is 22.0. The highest BCUT2D eigenvalue weighted by molar-refractivity contribution is 5.98. The Morgan fingerprint density at radius 3 is 2.22 bits per heavy atom. The maximum atomic E-state index is 13.0. The van der Waals surface area contributed by atoms with Crippen molar-refractivity contribution in [3.05, 3.63) is 96.6 Å². The molecule has 3 aromatic rings. The molecular weight excluding hydrogens is 394 g/mol. The van der Waals surface area contributed by atoms with Crippen LogP contribution in [0.5, 0.6) is 0 Å². The Hall–Kier alpha value is -3.21. The van der Waals surface area contributed by atoms with E-state index in [1.54, 1.807) is 0 Å². The topological polar surface area (TPSA) is 35.6 Å². The van der Waals surface area contributed by atoms with Crippen molar-refractivity contribution in [3.63, 3.8) is 0 Å². The van der Waals surface area contributed by atoms with E-state index >= 15 is 0 Å². The van der Waals surface area contributed by atoms with Gasteiger partial charge in [0, 0.05) is 44.0 Å². The van der Waals surface area contributed by atoms with Gasteiger partial charge in [0.15, 0.2) is 0 Å². The summed E-state index contributed by atoms with van der Waals surface area (Å²) in [6.45, 7) is 6.68. The van der Waals surface area contributed by atoms with Crippen molar-refractivity contribution in [1.82, 2.24) is 9.80 Å². The van der Waals surface area contributed by atoms with Crippen LogP contribution in [0.25, 0.3) is 17.2 Å². The van der Waals surface area contributed by atoms with Crippen molar-refractivity contribution in [2.45, 2.75) is 13.0 Å². The summed E-state index contributed by atoms with van der Waals surface area (Å²) in [6, 6.07) is 28.4. The minimum absolute atomic E-state index is 0.0470. The number of piperazine rings is 1. The lowest BCUT2D eigenvalue weighted by Gasteiger charge is -2.37. The largest absolute Gasteiger partial charge is 0.324 e. The summed E-state index contributed by atoms with van der Waals surface area (Å²) < 4.78 is 0. The summed E-state index contributed by atoms with van der Waals surface area (Å²) in [7, 11) is 0. The maximum absolute atomic E-state index is 13.0. The number of nitrogens with zero attached hydrogens (tertiary/aromatic N) is 2. The number of hydrogen-bond donors (Lipinski definition) is 1. The van der Waals surface area contributed by atoms with Crippen LogP contribution in [-0.4, -0.2) is 54.5 Å². The van der Waals surface area contributed by atoms with Crippen LogP contribution in [-0.2, 0) is 4.79 Å². The van der Waals surface area contributed by atoms with Crippen molar-refractivity contribution in [1.29, 1.82) is 0 Å². The SMILES string of the molecule is C[C@H](C(=O)Nc1ccccc1-c1ccccc1)N1CCN(C/C=C/c2ccccc2)CC1. The monoisotopic (exact) mass is 425 g/mol. The highest BCUT2D eigenvalue weighted by Crippen LogP contribution is 2.27. The van der Waals surface area contributed by atoms with Gasteiger partial charge in [-0.15, -0.1) is 0 Å². The lowest BCUT2D eigenvalue weighted by molar-refractivity contribution is -0.121. The Bertz CT molecular complexity index is 1020. The predicted molar refractivity (Wildman–Crippen MR) is 133 cm³/mol. The Morgan fingerprint density at radius 2 is 1.50 bits per heavy atom. The molecule has 0 spiro atoms. The molecule has 0 saturated carbocycles. The molecule has 164 valence electrons. The van der Waals surface area contributed by atoms with Gasteiger partial charge in [0.25, 0.3) is 0 Å². The second-order valence-electron chi connectivity index (χ2n) is 8.23. The first-order valence-corrected chi connectivity index (χ1v) is 11.3. The van der Waals surface area contributed by atoms with Gasteiger partial charge in [0.05, 0.1) is 6.04 Å². The van der Waals surface area contributed by atoms with Crippen molar-refractivity contribution in [2.24, 2.45) is 0 Å². The fourth-order valence-electron chi connectivity index (χ4n) is 4.10. The summed E-state index contributed by atoms with van der Waals surface area (Å²) in [4.78, 5) is 17.7. The van der Waals surface area contributed by atoms with E-state index in [2.05, 4.69) is 69.7 Å². The first-order chi connectivity index (χ1) is 15.7. The maximum Gasteiger partial charge on any atom is 0.241 e. The Morgan fingerprint density at radius 1 is 0.875 bits per heavy atom. The van der Waals surface area contributed by atoms with Crippen LogP contribution >= 0.6 is 0 Å². The molecule has 4 rings (SSSR count). The van der Waals surface area contributed by atoms with E-state index in [4.69, 9.17) is 0 Å². The van der Waals surface area contributed by atoms with Crippen LogP contribution in [0.1, 0.15) is 12.5 Å². The molecule has 0 aromatic heterocycles.